The van der Waals surface area contributed by atoms with E-state index in [0.29, 0.717) is 31.1 Å². The zero-order chi connectivity index (χ0) is 24.5. The van der Waals surface area contributed by atoms with Gasteiger partial charge >= 0.3 is 0 Å². The zero-order valence-electron chi connectivity index (χ0n) is 20.0. The number of thiazole rings is 1. The maximum Gasteiger partial charge on any atom is 0.222 e. The van der Waals surface area contributed by atoms with Crippen molar-refractivity contribution in [3.05, 3.63) is 30.6 Å². The van der Waals surface area contributed by atoms with Gasteiger partial charge in [-0.2, -0.15) is 0 Å². The maximum absolute atomic E-state index is 13.2. The minimum atomic E-state index is -1.31. The summed E-state index contributed by atoms with van der Waals surface area (Å²) in [7, 11) is 2.57. The highest BCUT2D eigenvalue weighted by molar-refractivity contribution is 7.98. The molecule has 0 bridgehead atoms. The highest BCUT2D eigenvalue weighted by atomic mass is 32.2. The number of hydrogen-bond acceptors (Lipinski definition) is 10. The van der Waals surface area contributed by atoms with Crippen LogP contribution in [-0.2, 0) is 11.0 Å². The van der Waals surface area contributed by atoms with E-state index in [4.69, 9.17) is 4.98 Å². The molecule has 0 amide bonds. The molecule has 1 aliphatic heterocycles. The van der Waals surface area contributed by atoms with E-state index < -0.39 is 17.1 Å². The number of thioether (sulfide) groups is 1. The Kier molecular flexibility index (Phi) is 7.56. The summed E-state index contributed by atoms with van der Waals surface area (Å²) in [5.41, 5.74) is 0.904. The molecule has 3 aromatic rings. The van der Waals surface area contributed by atoms with Gasteiger partial charge in [0.2, 0.25) is 5.95 Å². The van der Waals surface area contributed by atoms with Crippen LogP contribution in [0, 0.1) is 0 Å². The molecule has 0 radical (unpaired) electrons. The van der Waals surface area contributed by atoms with Crippen molar-refractivity contribution < 1.29 is 9.32 Å². The van der Waals surface area contributed by atoms with E-state index in [9.17, 15) is 9.32 Å². The number of fused-ring (bicyclic) bond motifs is 1. The van der Waals surface area contributed by atoms with Crippen molar-refractivity contribution in [1.82, 2.24) is 24.2 Å². The number of nitrogens with zero attached hydrogens (tertiary/aromatic N) is 5. The normalized spacial score (nSPS) is 26.0. The van der Waals surface area contributed by atoms with Crippen molar-refractivity contribution in [1.29, 1.82) is 0 Å². The van der Waals surface area contributed by atoms with Gasteiger partial charge in [-0.05, 0) is 57.8 Å². The molecule has 12 heteroatoms. The fourth-order valence-corrected chi connectivity index (χ4v) is 7.35. The third-order valence-electron chi connectivity index (χ3n) is 6.64. The molecule has 1 aliphatic carbocycles. The van der Waals surface area contributed by atoms with E-state index in [1.807, 2.05) is 60.1 Å². The molecular formula is C23H31N7O2S3. The van der Waals surface area contributed by atoms with Crippen LogP contribution in [-0.4, -0.2) is 91.1 Å². The first-order valence-electron chi connectivity index (χ1n) is 11.7. The lowest BCUT2D eigenvalue weighted by Crippen LogP contribution is -2.38. The van der Waals surface area contributed by atoms with Crippen LogP contribution in [0.5, 0.6) is 0 Å². The van der Waals surface area contributed by atoms with Crippen LogP contribution >= 0.6 is 23.1 Å². The van der Waals surface area contributed by atoms with Crippen LogP contribution in [0.4, 0.5) is 11.1 Å². The predicted molar refractivity (Wildman–Crippen MR) is 144 cm³/mol. The molecule has 3 heterocycles. The standard InChI is InChI=1S/C23H31N7O2S3/c1-29(2)19-12-30(13-20(19)31)35(32)17-6-7-18-21(9-17)34-23(28-18)27-15-5-4-14(8-15)26-22-24-10-16(33-3)11-25-22/h6-7,9-11,14-15,19-20,31H,4-5,8,12-13H2,1-3H3,(H,27,28)(H,24,25,26)/t14-,15-,19+,20-,35?/m0/s1. The molecule has 1 unspecified atom stereocenters. The number of rotatable bonds is 8. The van der Waals surface area contributed by atoms with E-state index >= 15 is 0 Å². The van der Waals surface area contributed by atoms with Crippen molar-refractivity contribution in [2.24, 2.45) is 0 Å². The van der Waals surface area contributed by atoms with E-state index in [2.05, 4.69) is 20.6 Å². The van der Waals surface area contributed by atoms with E-state index in [1.54, 1.807) is 23.1 Å². The second kappa shape index (κ2) is 10.7. The van der Waals surface area contributed by atoms with Gasteiger partial charge in [-0.3, -0.25) is 0 Å². The molecule has 2 aliphatic rings. The predicted octanol–water partition coefficient (Wildman–Crippen LogP) is 2.88. The molecule has 0 spiro atoms. The molecule has 2 aromatic heterocycles. The number of aliphatic hydroxyl groups is 1. The average molecular weight is 534 g/mol. The molecule has 1 saturated heterocycles. The zero-order valence-corrected chi connectivity index (χ0v) is 22.5. The first-order chi connectivity index (χ1) is 16.9. The Morgan fingerprint density at radius 3 is 2.60 bits per heavy atom. The number of nitrogens with one attached hydrogen (secondary N) is 2. The number of likely N-dealkylation sites (N-methyl/N-ethyl adjacent to an activating group) is 1. The van der Waals surface area contributed by atoms with Crippen LogP contribution < -0.4 is 10.6 Å². The summed E-state index contributed by atoms with van der Waals surface area (Å²) >= 11 is 3.23. The number of aliphatic hydroxyl groups excluding tert-OH is 1. The topological polar surface area (TPSA) is 107 Å². The summed E-state index contributed by atoms with van der Waals surface area (Å²) in [5, 5.41) is 18.2. The molecule has 2 fully saturated rings. The number of benzene rings is 1. The lowest BCUT2D eigenvalue weighted by molar-refractivity contribution is 0.113. The van der Waals surface area contributed by atoms with Gasteiger partial charge in [-0.1, -0.05) is 11.3 Å². The smallest absolute Gasteiger partial charge is 0.222 e. The Labute approximate surface area is 216 Å². The summed E-state index contributed by atoms with van der Waals surface area (Å²) < 4.78 is 16.0. The van der Waals surface area contributed by atoms with Crippen molar-refractivity contribution in [2.75, 3.05) is 44.1 Å². The van der Waals surface area contributed by atoms with E-state index in [-0.39, 0.29) is 6.04 Å². The Morgan fingerprint density at radius 1 is 1.17 bits per heavy atom. The van der Waals surface area contributed by atoms with Crippen molar-refractivity contribution in [2.45, 2.75) is 53.3 Å². The molecule has 3 N–H and O–H groups in total. The lowest BCUT2D eigenvalue weighted by Gasteiger charge is -2.21. The molecule has 9 nitrogen and oxygen atoms in total. The number of β-amino-alcohol motifs (C(OH)–C–C–N with tert-alkyl or cyclic N) is 1. The largest absolute Gasteiger partial charge is 0.390 e. The fourth-order valence-electron chi connectivity index (χ4n) is 4.70. The van der Waals surface area contributed by atoms with E-state index in [0.717, 1.165) is 44.4 Å². The number of anilines is 2. The summed E-state index contributed by atoms with van der Waals surface area (Å²) in [6.07, 6.45) is 8.29. The Morgan fingerprint density at radius 2 is 1.91 bits per heavy atom. The van der Waals surface area contributed by atoms with Crippen molar-refractivity contribution in [3.63, 3.8) is 0 Å². The first kappa shape index (κ1) is 24.8. The average Bonchev–Trinajstić information content (AvgIpc) is 3.57. The molecular weight excluding hydrogens is 503 g/mol. The van der Waals surface area contributed by atoms with Gasteiger partial charge < -0.3 is 20.6 Å². The molecule has 35 heavy (non-hydrogen) atoms. The van der Waals surface area contributed by atoms with Crippen LogP contribution in [0.3, 0.4) is 0 Å². The number of hydrogen-bond donors (Lipinski definition) is 3. The fraction of sp³-hybridized carbons (Fsp3) is 0.522. The molecule has 5 atom stereocenters. The second-order valence-electron chi connectivity index (χ2n) is 9.29. The van der Waals surface area contributed by atoms with Crippen LogP contribution in [0.25, 0.3) is 10.2 Å². The van der Waals surface area contributed by atoms with Crippen LogP contribution in [0.15, 0.2) is 40.4 Å². The van der Waals surface area contributed by atoms with Gasteiger partial charge in [-0.15, -0.1) is 11.8 Å². The SMILES string of the molecule is CSc1cnc(N[C@H]2CC[C@H](Nc3nc4ccc(S(=O)N5C[C@@H](N(C)C)[C@@H](O)C5)cc4s3)C2)nc1. The molecule has 188 valence electrons. The third-order valence-corrected chi connectivity index (χ3v) is 9.70. The minimum absolute atomic E-state index is 0.00659. The molecule has 1 aromatic carbocycles. The van der Waals surface area contributed by atoms with Gasteiger partial charge in [-0.25, -0.2) is 23.5 Å². The molecule has 5 rings (SSSR count). The maximum atomic E-state index is 13.2. The highest BCUT2D eigenvalue weighted by Gasteiger charge is 2.36. The van der Waals surface area contributed by atoms with Gasteiger partial charge in [0, 0.05) is 42.5 Å². The summed E-state index contributed by atoms with van der Waals surface area (Å²) in [5.74, 6) is 0.677. The van der Waals surface area contributed by atoms with Gasteiger partial charge in [0.1, 0.15) is 11.0 Å². The monoisotopic (exact) mass is 533 g/mol. The van der Waals surface area contributed by atoms with Crippen molar-refractivity contribution >= 4 is 55.4 Å². The summed E-state index contributed by atoms with van der Waals surface area (Å²) in [6, 6.07) is 6.45. The molecule has 1 saturated carbocycles. The summed E-state index contributed by atoms with van der Waals surface area (Å²) in [6.45, 7) is 0.991. The van der Waals surface area contributed by atoms with Gasteiger partial charge in [0.15, 0.2) is 5.13 Å². The first-order valence-corrected chi connectivity index (χ1v) is 14.9. The summed E-state index contributed by atoms with van der Waals surface area (Å²) in [4.78, 5) is 17.3. The lowest BCUT2D eigenvalue weighted by atomic mass is 10.2. The second-order valence-corrected chi connectivity index (χ2v) is 12.7. The Bertz CT molecular complexity index is 1190. The minimum Gasteiger partial charge on any atom is -0.390 e. The van der Waals surface area contributed by atoms with Gasteiger partial charge in [0.05, 0.1) is 27.3 Å². The third kappa shape index (κ3) is 5.62. The van der Waals surface area contributed by atoms with E-state index in [1.165, 1.54) is 0 Å². The quantitative estimate of drug-likeness (QED) is 0.377. The highest BCUT2D eigenvalue weighted by Crippen LogP contribution is 2.32. The number of aromatic nitrogens is 3. The Hall–Kier alpha value is -1.83. The van der Waals surface area contributed by atoms with Crippen molar-refractivity contribution in [3.8, 4) is 0 Å². The van der Waals surface area contributed by atoms with Gasteiger partial charge in [0.25, 0.3) is 0 Å². The van der Waals surface area contributed by atoms with Crippen LogP contribution in [0.1, 0.15) is 19.3 Å². The Balaban J connectivity index is 1.20. The van der Waals surface area contributed by atoms with Crippen LogP contribution in [0.2, 0.25) is 0 Å².